The molecule has 2 aromatic carbocycles. The molecule has 2 amide bonds. The molecule has 0 saturated carbocycles. The number of benzene rings is 2. The van der Waals surface area contributed by atoms with Crippen molar-refractivity contribution in [1.29, 1.82) is 0 Å². The van der Waals surface area contributed by atoms with Gasteiger partial charge in [0.1, 0.15) is 12.2 Å². The van der Waals surface area contributed by atoms with Gasteiger partial charge in [-0.3, -0.25) is 9.59 Å². The maximum absolute atomic E-state index is 12.1. The Morgan fingerprint density at radius 3 is 2.36 bits per heavy atom. The van der Waals surface area contributed by atoms with Crippen LogP contribution in [0.2, 0.25) is 0 Å². The molecule has 132 valence electrons. The number of anilines is 1. The summed E-state index contributed by atoms with van der Waals surface area (Å²) < 4.78 is 5.65. The molecule has 0 heterocycles. The molecule has 2 aromatic rings. The van der Waals surface area contributed by atoms with Crippen LogP contribution in [0.1, 0.15) is 25.8 Å². The lowest BCUT2D eigenvalue weighted by Gasteiger charge is -2.14. The topological polar surface area (TPSA) is 67.4 Å². The van der Waals surface area contributed by atoms with Gasteiger partial charge in [0.05, 0.1) is 11.8 Å². The summed E-state index contributed by atoms with van der Waals surface area (Å²) in [7, 11) is 0. The fourth-order valence-corrected chi connectivity index (χ4v) is 2.32. The van der Waals surface area contributed by atoms with E-state index in [0.717, 1.165) is 12.0 Å². The number of nitrogens with one attached hydrogen (secondary N) is 2. The molecule has 0 aliphatic carbocycles. The van der Waals surface area contributed by atoms with Crippen LogP contribution < -0.4 is 15.4 Å². The van der Waals surface area contributed by atoms with Gasteiger partial charge in [-0.05, 0) is 38.0 Å². The molecule has 0 aliphatic heterocycles. The van der Waals surface area contributed by atoms with Crippen LogP contribution in [0.4, 0.5) is 5.69 Å². The lowest BCUT2D eigenvalue weighted by molar-refractivity contribution is -0.126. The Balaban J connectivity index is 1.79. The SMILES string of the molecule is CC(C)Oc1ccccc1NC(=O)CC(=O)NCCc1ccccc1. The number of rotatable bonds is 8. The van der Waals surface area contributed by atoms with Crippen LogP contribution in [0.15, 0.2) is 54.6 Å². The Morgan fingerprint density at radius 2 is 1.64 bits per heavy atom. The van der Waals surface area contributed by atoms with E-state index in [2.05, 4.69) is 10.6 Å². The van der Waals surface area contributed by atoms with Crippen molar-refractivity contribution in [3.63, 3.8) is 0 Å². The molecule has 0 saturated heterocycles. The van der Waals surface area contributed by atoms with E-state index >= 15 is 0 Å². The van der Waals surface area contributed by atoms with Crippen molar-refractivity contribution in [3.8, 4) is 5.75 Å². The predicted octanol–water partition coefficient (Wildman–Crippen LogP) is 3.16. The summed E-state index contributed by atoms with van der Waals surface area (Å²) in [5.41, 5.74) is 1.71. The van der Waals surface area contributed by atoms with Crippen LogP contribution in [0, 0.1) is 0 Å². The second-order valence-corrected chi connectivity index (χ2v) is 5.97. The third kappa shape index (κ3) is 6.67. The highest BCUT2D eigenvalue weighted by Gasteiger charge is 2.12. The van der Waals surface area contributed by atoms with Crippen molar-refractivity contribution >= 4 is 17.5 Å². The summed E-state index contributed by atoms with van der Waals surface area (Å²) in [5.74, 6) is -0.0666. The second kappa shape index (κ2) is 9.47. The summed E-state index contributed by atoms with van der Waals surface area (Å²) in [4.78, 5) is 24.0. The first-order chi connectivity index (χ1) is 12.0. The van der Waals surface area contributed by atoms with Crippen LogP contribution >= 0.6 is 0 Å². The lowest BCUT2D eigenvalue weighted by Crippen LogP contribution is -2.29. The lowest BCUT2D eigenvalue weighted by atomic mass is 10.1. The molecular weight excluding hydrogens is 316 g/mol. The van der Waals surface area contributed by atoms with Crippen LogP contribution in [0.3, 0.4) is 0 Å². The molecule has 25 heavy (non-hydrogen) atoms. The molecule has 0 aliphatic rings. The molecule has 0 bridgehead atoms. The zero-order valence-electron chi connectivity index (χ0n) is 14.6. The van der Waals surface area contributed by atoms with E-state index < -0.39 is 0 Å². The Hall–Kier alpha value is -2.82. The van der Waals surface area contributed by atoms with Crippen LogP contribution in [-0.2, 0) is 16.0 Å². The normalized spacial score (nSPS) is 10.4. The van der Waals surface area contributed by atoms with E-state index in [-0.39, 0.29) is 24.3 Å². The highest BCUT2D eigenvalue weighted by Crippen LogP contribution is 2.24. The van der Waals surface area contributed by atoms with E-state index in [1.807, 2.05) is 56.3 Å². The molecular formula is C20H24N2O3. The summed E-state index contributed by atoms with van der Waals surface area (Å²) in [6.45, 7) is 4.33. The van der Waals surface area contributed by atoms with E-state index in [1.54, 1.807) is 12.1 Å². The Kier molecular flexibility index (Phi) is 7.01. The standard InChI is InChI=1S/C20H24N2O3/c1-15(2)25-18-11-7-6-10-17(18)22-20(24)14-19(23)21-13-12-16-8-4-3-5-9-16/h3-11,15H,12-14H2,1-2H3,(H,21,23)(H,22,24). The van der Waals surface area contributed by atoms with E-state index in [0.29, 0.717) is 18.0 Å². The smallest absolute Gasteiger partial charge is 0.233 e. The minimum Gasteiger partial charge on any atom is -0.489 e. The maximum atomic E-state index is 12.1. The number of carbonyl (C=O) groups excluding carboxylic acids is 2. The average molecular weight is 340 g/mol. The molecule has 0 unspecified atom stereocenters. The van der Waals surface area contributed by atoms with Crippen LogP contribution in [0.5, 0.6) is 5.75 Å². The number of hydrogen-bond acceptors (Lipinski definition) is 3. The molecule has 0 aromatic heterocycles. The number of para-hydroxylation sites is 2. The van der Waals surface area contributed by atoms with Gasteiger partial charge in [0.15, 0.2) is 0 Å². The largest absolute Gasteiger partial charge is 0.489 e. The van der Waals surface area contributed by atoms with E-state index in [9.17, 15) is 9.59 Å². The van der Waals surface area contributed by atoms with Crippen molar-refractivity contribution in [3.05, 3.63) is 60.2 Å². The first-order valence-electron chi connectivity index (χ1n) is 8.41. The predicted molar refractivity (Wildman–Crippen MR) is 98.6 cm³/mol. The number of hydrogen-bond donors (Lipinski definition) is 2. The van der Waals surface area contributed by atoms with Gasteiger partial charge in [-0.1, -0.05) is 42.5 Å². The van der Waals surface area contributed by atoms with Crippen molar-refractivity contribution in [2.24, 2.45) is 0 Å². The molecule has 0 radical (unpaired) electrons. The molecule has 0 spiro atoms. The van der Waals surface area contributed by atoms with Gasteiger partial charge >= 0.3 is 0 Å². The fraction of sp³-hybridized carbons (Fsp3) is 0.300. The Bertz CT molecular complexity index is 699. The van der Waals surface area contributed by atoms with Crippen molar-refractivity contribution in [2.75, 3.05) is 11.9 Å². The monoisotopic (exact) mass is 340 g/mol. The minimum absolute atomic E-state index is 0.000614. The van der Waals surface area contributed by atoms with Gasteiger partial charge in [-0.15, -0.1) is 0 Å². The molecule has 2 rings (SSSR count). The number of ether oxygens (including phenoxy) is 1. The highest BCUT2D eigenvalue weighted by atomic mass is 16.5. The zero-order valence-corrected chi connectivity index (χ0v) is 14.6. The van der Waals surface area contributed by atoms with Crippen LogP contribution in [-0.4, -0.2) is 24.5 Å². The van der Waals surface area contributed by atoms with Crippen molar-refractivity contribution in [2.45, 2.75) is 32.8 Å². The summed E-state index contributed by atoms with van der Waals surface area (Å²) >= 11 is 0. The van der Waals surface area contributed by atoms with Gasteiger partial charge < -0.3 is 15.4 Å². The van der Waals surface area contributed by atoms with Crippen molar-refractivity contribution in [1.82, 2.24) is 5.32 Å². The van der Waals surface area contributed by atoms with Gasteiger partial charge in [-0.2, -0.15) is 0 Å². The quantitative estimate of drug-likeness (QED) is 0.725. The highest BCUT2D eigenvalue weighted by molar-refractivity contribution is 6.04. The molecule has 2 N–H and O–H groups in total. The number of carbonyl (C=O) groups is 2. The molecule has 0 fully saturated rings. The first-order valence-corrected chi connectivity index (χ1v) is 8.41. The molecule has 5 heteroatoms. The van der Waals surface area contributed by atoms with Gasteiger partial charge in [0.2, 0.25) is 11.8 Å². The summed E-state index contributed by atoms with van der Waals surface area (Å²) in [6, 6.07) is 17.1. The maximum Gasteiger partial charge on any atom is 0.233 e. The molecule has 5 nitrogen and oxygen atoms in total. The Labute approximate surface area is 148 Å². The first kappa shape index (κ1) is 18.5. The van der Waals surface area contributed by atoms with E-state index in [1.165, 1.54) is 0 Å². The van der Waals surface area contributed by atoms with E-state index in [4.69, 9.17) is 4.74 Å². The van der Waals surface area contributed by atoms with Gasteiger partial charge in [-0.25, -0.2) is 0 Å². The minimum atomic E-state index is -0.364. The second-order valence-electron chi connectivity index (χ2n) is 5.97. The fourth-order valence-electron chi connectivity index (χ4n) is 2.32. The summed E-state index contributed by atoms with van der Waals surface area (Å²) in [6.07, 6.45) is 0.517. The third-order valence-corrected chi connectivity index (χ3v) is 3.42. The number of amides is 2. The third-order valence-electron chi connectivity index (χ3n) is 3.42. The Morgan fingerprint density at radius 1 is 0.960 bits per heavy atom. The van der Waals surface area contributed by atoms with Crippen LogP contribution in [0.25, 0.3) is 0 Å². The van der Waals surface area contributed by atoms with Gasteiger partial charge in [0.25, 0.3) is 0 Å². The zero-order chi connectivity index (χ0) is 18.1. The average Bonchev–Trinajstić information content (AvgIpc) is 2.57. The summed E-state index contributed by atoms with van der Waals surface area (Å²) in [5, 5.41) is 5.49. The van der Waals surface area contributed by atoms with Crippen molar-refractivity contribution < 1.29 is 14.3 Å². The molecule has 0 atom stereocenters. The van der Waals surface area contributed by atoms with Gasteiger partial charge in [0, 0.05) is 6.54 Å².